The molecule has 188 valence electrons. The molecule has 5 rings (SSSR count). The Balaban J connectivity index is 1.36. The largest absolute Gasteiger partial charge is 0.481 e. The third-order valence-corrected chi connectivity index (χ3v) is 6.91. The van der Waals surface area contributed by atoms with Crippen LogP contribution in [-0.2, 0) is 6.54 Å². The van der Waals surface area contributed by atoms with Crippen LogP contribution in [0.1, 0.15) is 12.0 Å². The molecule has 36 heavy (non-hydrogen) atoms. The molecule has 9 nitrogen and oxygen atoms in total. The van der Waals surface area contributed by atoms with E-state index in [2.05, 4.69) is 35.6 Å². The maximum atomic E-state index is 14.4. The van der Waals surface area contributed by atoms with Gasteiger partial charge in [0, 0.05) is 49.6 Å². The zero-order chi connectivity index (χ0) is 24.7. The average Bonchev–Trinajstić information content (AvgIpc) is 3.33. The van der Waals surface area contributed by atoms with Gasteiger partial charge in [-0.2, -0.15) is 11.8 Å². The van der Waals surface area contributed by atoms with Crippen molar-refractivity contribution in [1.82, 2.24) is 34.8 Å². The minimum Gasteiger partial charge on any atom is -0.481 e. The number of ether oxygens (including phenoxy) is 1. The van der Waals surface area contributed by atoms with Gasteiger partial charge in [-0.05, 0) is 43.3 Å². The van der Waals surface area contributed by atoms with Crippen LogP contribution in [0.2, 0.25) is 0 Å². The summed E-state index contributed by atoms with van der Waals surface area (Å²) in [5, 5.41) is 11.3. The topological polar surface area (TPSA) is 92.5 Å². The van der Waals surface area contributed by atoms with Gasteiger partial charge < -0.3 is 20.3 Å². The van der Waals surface area contributed by atoms with Crippen LogP contribution >= 0.6 is 11.8 Å². The number of nitrogens with zero attached hydrogens (tertiary/aromatic N) is 6. The Morgan fingerprint density at radius 3 is 2.89 bits per heavy atom. The highest BCUT2D eigenvalue weighted by molar-refractivity contribution is 7.99. The number of fused-ring (bicyclic) bond motifs is 1. The van der Waals surface area contributed by atoms with Gasteiger partial charge in [-0.15, -0.1) is 5.10 Å². The monoisotopic (exact) mass is 508 g/mol. The van der Waals surface area contributed by atoms with Gasteiger partial charge in [-0.1, -0.05) is 6.07 Å². The highest BCUT2D eigenvalue weighted by atomic mass is 32.2. The van der Waals surface area contributed by atoms with Crippen LogP contribution in [0.15, 0.2) is 48.9 Å². The lowest BCUT2D eigenvalue weighted by molar-refractivity contribution is 0.296. The Labute approximate surface area is 213 Å². The molecule has 4 aromatic heterocycles. The third-order valence-electron chi connectivity index (χ3n) is 5.97. The molecular weight excluding hydrogens is 479 g/mol. The molecule has 0 spiro atoms. The number of rotatable bonds is 10. The first-order valence-corrected chi connectivity index (χ1v) is 13.1. The SMILES string of the molecule is COc1cccc(-c2nc(Nc3ccncc3F)c3cc(CNCCCN4CCSCC4)cn3n2)n1. The summed E-state index contributed by atoms with van der Waals surface area (Å²) in [6, 6.07) is 8.99. The highest BCUT2D eigenvalue weighted by Gasteiger charge is 2.15. The van der Waals surface area contributed by atoms with E-state index < -0.39 is 5.82 Å². The first-order chi connectivity index (χ1) is 17.7. The van der Waals surface area contributed by atoms with Crippen molar-refractivity contribution in [1.29, 1.82) is 0 Å². The van der Waals surface area contributed by atoms with Gasteiger partial charge in [0.05, 0.1) is 19.0 Å². The Morgan fingerprint density at radius 2 is 2.06 bits per heavy atom. The predicted octanol–water partition coefficient (Wildman–Crippen LogP) is 3.61. The molecule has 0 saturated carbocycles. The molecule has 0 radical (unpaired) electrons. The molecule has 4 aromatic rings. The lowest BCUT2D eigenvalue weighted by atomic mass is 10.3. The number of halogens is 1. The second kappa shape index (κ2) is 11.6. The Kier molecular flexibility index (Phi) is 7.89. The van der Waals surface area contributed by atoms with Crippen LogP contribution < -0.4 is 15.4 Å². The van der Waals surface area contributed by atoms with E-state index in [1.54, 1.807) is 23.8 Å². The third kappa shape index (κ3) is 5.92. The quantitative estimate of drug-likeness (QED) is 0.312. The summed E-state index contributed by atoms with van der Waals surface area (Å²) >= 11 is 2.04. The van der Waals surface area contributed by atoms with Crippen LogP contribution in [0, 0.1) is 5.82 Å². The van der Waals surface area contributed by atoms with Gasteiger partial charge >= 0.3 is 0 Å². The minimum absolute atomic E-state index is 0.284. The molecule has 1 aliphatic rings. The Hall–Kier alpha value is -3.28. The zero-order valence-corrected chi connectivity index (χ0v) is 21.0. The van der Waals surface area contributed by atoms with E-state index >= 15 is 0 Å². The number of methoxy groups -OCH3 is 1. The van der Waals surface area contributed by atoms with Crippen molar-refractivity contribution >= 4 is 28.8 Å². The van der Waals surface area contributed by atoms with Crippen molar-refractivity contribution in [3.8, 4) is 17.4 Å². The second-order valence-corrected chi connectivity index (χ2v) is 9.72. The Bertz CT molecular complexity index is 1310. The fraction of sp³-hybridized carbons (Fsp3) is 0.360. The summed E-state index contributed by atoms with van der Waals surface area (Å²) in [6.07, 6.45) is 5.77. The van der Waals surface area contributed by atoms with Crippen molar-refractivity contribution in [3.05, 3.63) is 60.3 Å². The van der Waals surface area contributed by atoms with E-state index in [0.717, 1.165) is 30.6 Å². The lowest BCUT2D eigenvalue weighted by Crippen LogP contribution is -2.34. The van der Waals surface area contributed by atoms with Gasteiger partial charge in [0.15, 0.2) is 11.6 Å². The van der Waals surface area contributed by atoms with Gasteiger partial charge in [-0.25, -0.2) is 18.9 Å². The molecule has 0 bridgehead atoms. The molecule has 1 fully saturated rings. The maximum absolute atomic E-state index is 14.4. The molecule has 0 unspecified atom stereocenters. The van der Waals surface area contributed by atoms with Crippen molar-refractivity contribution in [2.45, 2.75) is 13.0 Å². The fourth-order valence-electron chi connectivity index (χ4n) is 4.09. The van der Waals surface area contributed by atoms with Gasteiger partial charge in [0.25, 0.3) is 0 Å². The summed E-state index contributed by atoms with van der Waals surface area (Å²) in [5.74, 6) is 3.34. The molecule has 0 atom stereocenters. The summed E-state index contributed by atoms with van der Waals surface area (Å²) in [4.78, 5) is 15.5. The molecule has 0 aliphatic carbocycles. The van der Waals surface area contributed by atoms with Crippen molar-refractivity contribution < 1.29 is 9.13 Å². The minimum atomic E-state index is -0.462. The molecule has 1 saturated heterocycles. The molecule has 1 aliphatic heterocycles. The molecule has 0 amide bonds. The first kappa shape index (κ1) is 24.4. The number of pyridine rings is 2. The van der Waals surface area contributed by atoms with E-state index in [4.69, 9.17) is 4.74 Å². The van der Waals surface area contributed by atoms with Gasteiger partial charge in [0.1, 0.15) is 11.2 Å². The van der Waals surface area contributed by atoms with E-state index in [0.29, 0.717) is 29.8 Å². The van der Waals surface area contributed by atoms with Crippen LogP contribution in [-0.4, -0.2) is 74.3 Å². The highest BCUT2D eigenvalue weighted by Crippen LogP contribution is 2.26. The van der Waals surface area contributed by atoms with E-state index in [9.17, 15) is 4.39 Å². The number of aromatic nitrogens is 5. The van der Waals surface area contributed by atoms with Crippen molar-refractivity contribution in [2.24, 2.45) is 0 Å². The zero-order valence-electron chi connectivity index (χ0n) is 20.2. The summed E-state index contributed by atoms with van der Waals surface area (Å²) in [7, 11) is 1.56. The number of hydrogen-bond acceptors (Lipinski definition) is 9. The summed E-state index contributed by atoms with van der Waals surface area (Å²) in [5.41, 5.74) is 2.64. The number of hydrogen-bond donors (Lipinski definition) is 2. The summed E-state index contributed by atoms with van der Waals surface area (Å²) in [6.45, 7) is 5.14. The van der Waals surface area contributed by atoms with Gasteiger partial charge in [0.2, 0.25) is 11.7 Å². The number of thioether (sulfide) groups is 1. The average molecular weight is 509 g/mol. The number of nitrogens with one attached hydrogen (secondary N) is 2. The molecular formula is C25H29FN8OS. The van der Waals surface area contributed by atoms with Crippen LogP contribution in [0.5, 0.6) is 5.88 Å². The second-order valence-electron chi connectivity index (χ2n) is 8.49. The standard InChI is InChI=1S/C25H29FN8OS/c1-35-23-5-2-4-21(29-23)24-31-25(30-20-6-8-28-16-19(20)26)22-14-18(17-34(22)32-24)15-27-7-3-9-33-10-12-36-13-11-33/h2,4-6,8,14,16-17,27H,3,7,9-13,15H2,1H3,(H,28,30,31,32). The van der Waals surface area contributed by atoms with Crippen LogP contribution in [0.25, 0.3) is 17.0 Å². The normalized spacial score (nSPS) is 14.3. The van der Waals surface area contributed by atoms with E-state index in [-0.39, 0.29) is 5.69 Å². The molecule has 0 aromatic carbocycles. The lowest BCUT2D eigenvalue weighted by Gasteiger charge is -2.25. The van der Waals surface area contributed by atoms with E-state index in [1.165, 1.54) is 37.0 Å². The maximum Gasteiger partial charge on any atom is 0.213 e. The predicted molar refractivity (Wildman–Crippen MR) is 140 cm³/mol. The van der Waals surface area contributed by atoms with Crippen LogP contribution in [0.3, 0.4) is 0 Å². The smallest absolute Gasteiger partial charge is 0.213 e. The molecule has 5 heterocycles. The van der Waals surface area contributed by atoms with Crippen molar-refractivity contribution in [2.75, 3.05) is 50.1 Å². The van der Waals surface area contributed by atoms with E-state index in [1.807, 2.05) is 36.2 Å². The fourth-order valence-corrected chi connectivity index (χ4v) is 5.07. The first-order valence-electron chi connectivity index (χ1n) is 12.0. The molecule has 11 heteroatoms. The summed E-state index contributed by atoms with van der Waals surface area (Å²) < 4.78 is 21.4. The molecule has 2 N–H and O–H groups in total. The Morgan fingerprint density at radius 1 is 1.17 bits per heavy atom. The van der Waals surface area contributed by atoms with Crippen molar-refractivity contribution in [3.63, 3.8) is 0 Å². The van der Waals surface area contributed by atoms with Crippen LogP contribution in [0.4, 0.5) is 15.9 Å². The number of anilines is 2. The van der Waals surface area contributed by atoms with Gasteiger partial charge in [-0.3, -0.25) is 4.98 Å².